The van der Waals surface area contributed by atoms with Gasteiger partial charge in [-0.1, -0.05) is 67.8 Å². The Morgan fingerprint density at radius 3 is 2.32 bits per heavy atom. The molecule has 11 heteroatoms. The van der Waals surface area contributed by atoms with Crippen LogP contribution in [0.1, 0.15) is 43.2 Å². The molecule has 1 aliphatic heterocycles. The molecule has 1 N–H and O–H groups in total. The highest BCUT2D eigenvalue weighted by Crippen LogP contribution is 2.35. The van der Waals surface area contributed by atoms with Crippen LogP contribution in [0.15, 0.2) is 72.8 Å². The molecule has 1 saturated carbocycles. The first-order valence-corrected chi connectivity index (χ1v) is 16.8. The highest BCUT2D eigenvalue weighted by Gasteiger charge is 2.34. The summed E-state index contributed by atoms with van der Waals surface area (Å²) in [4.78, 5) is 29.6. The summed E-state index contributed by atoms with van der Waals surface area (Å²) < 4.78 is 53.3. The van der Waals surface area contributed by atoms with Crippen molar-refractivity contribution >= 4 is 27.5 Å². The second kappa shape index (κ2) is 14.1. The van der Waals surface area contributed by atoms with Crippen LogP contribution in [0.25, 0.3) is 0 Å². The van der Waals surface area contributed by atoms with Gasteiger partial charge in [0.2, 0.25) is 21.8 Å². The van der Waals surface area contributed by atoms with Crippen LogP contribution in [-0.2, 0) is 32.6 Å². The van der Waals surface area contributed by atoms with Gasteiger partial charge in [-0.25, -0.2) is 12.8 Å². The Morgan fingerprint density at radius 2 is 1.61 bits per heavy atom. The molecular formula is C33H38FN3O6S. The number of amides is 2. The maximum Gasteiger partial charge on any atom is 0.244 e. The van der Waals surface area contributed by atoms with Gasteiger partial charge in [0, 0.05) is 30.6 Å². The Bertz CT molecular complexity index is 1560. The van der Waals surface area contributed by atoms with Crippen molar-refractivity contribution in [3.63, 3.8) is 0 Å². The van der Waals surface area contributed by atoms with E-state index in [1.54, 1.807) is 30.3 Å². The topological polar surface area (TPSA) is 105 Å². The normalized spacial score (nSPS) is 15.7. The van der Waals surface area contributed by atoms with Crippen molar-refractivity contribution in [2.75, 3.05) is 30.3 Å². The number of nitrogens with one attached hydrogen (secondary N) is 1. The van der Waals surface area contributed by atoms with Gasteiger partial charge in [0.15, 0.2) is 11.5 Å². The van der Waals surface area contributed by atoms with E-state index in [-0.39, 0.29) is 36.2 Å². The predicted octanol–water partition coefficient (Wildman–Crippen LogP) is 4.45. The predicted molar refractivity (Wildman–Crippen MR) is 166 cm³/mol. The zero-order valence-corrected chi connectivity index (χ0v) is 25.6. The van der Waals surface area contributed by atoms with E-state index in [2.05, 4.69) is 5.32 Å². The molecule has 0 radical (unpaired) electrons. The fourth-order valence-electron chi connectivity index (χ4n) is 5.71. The lowest BCUT2D eigenvalue weighted by molar-refractivity contribution is -0.140. The van der Waals surface area contributed by atoms with E-state index in [1.807, 2.05) is 30.3 Å². The van der Waals surface area contributed by atoms with Crippen molar-refractivity contribution in [3.8, 4) is 11.5 Å². The summed E-state index contributed by atoms with van der Waals surface area (Å²) in [7, 11) is -3.97. The quantitative estimate of drug-likeness (QED) is 0.339. The number of fused-ring (bicyclic) bond motifs is 1. The lowest BCUT2D eigenvalue weighted by Crippen LogP contribution is -2.55. The number of carbonyl (C=O) groups is 2. The molecule has 234 valence electrons. The third-order valence-electron chi connectivity index (χ3n) is 8.01. The third-order valence-corrected chi connectivity index (χ3v) is 9.15. The van der Waals surface area contributed by atoms with E-state index in [9.17, 15) is 22.4 Å². The molecule has 0 saturated heterocycles. The molecule has 1 fully saturated rings. The Balaban J connectivity index is 1.51. The number of rotatable bonds is 11. The summed E-state index contributed by atoms with van der Waals surface area (Å²) in [5.74, 6) is -0.678. The summed E-state index contributed by atoms with van der Waals surface area (Å²) in [6, 6.07) is 19.0. The Morgan fingerprint density at radius 1 is 0.932 bits per heavy atom. The van der Waals surface area contributed by atoms with Crippen molar-refractivity contribution in [2.45, 2.75) is 57.2 Å². The number of hydrogen-bond acceptors (Lipinski definition) is 6. The average Bonchev–Trinajstić information content (AvgIpc) is 3.02. The van der Waals surface area contributed by atoms with Crippen molar-refractivity contribution in [3.05, 3.63) is 89.7 Å². The molecule has 9 nitrogen and oxygen atoms in total. The summed E-state index contributed by atoms with van der Waals surface area (Å²) in [5.41, 5.74) is 1.24. The fourth-order valence-corrected chi connectivity index (χ4v) is 6.55. The molecule has 0 spiro atoms. The van der Waals surface area contributed by atoms with Gasteiger partial charge >= 0.3 is 0 Å². The minimum Gasteiger partial charge on any atom is -0.486 e. The van der Waals surface area contributed by atoms with Crippen molar-refractivity contribution < 1.29 is 31.9 Å². The number of nitrogens with zero attached hydrogens (tertiary/aromatic N) is 2. The molecule has 0 bridgehead atoms. The van der Waals surface area contributed by atoms with Crippen LogP contribution < -0.4 is 19.1 Å². The molecule has 5 rings (SSSR count). The van der Waals surface area contributed by atoms with Gasteiger partial charge in [-0.05, 0) is 36.6 Å². The van der Waals surface area contributed by atoms with E-state index in [0.29, 0.717) is 24.7 Å². The zero-order chi connectivity index (χ0) is 31.1. The van der Waals surface area contributed by atoms with Crippen molar-refractivity contribution in [1.29, 1.82) is 0 Å². The van der Waals surface area contributed by atoms with E-state index < -0.39 is 34.3 Å². The van der Waals surface area contributed by atoms with E-state index in [1.165, 1.54) is 17.0 Å². The Labute approximate surface area is 258 Å². The fraction of sp³-hybridized carbons (Fsp3) is 0.394. The van der Waals surface area contributed by atoms with Gasteiger partial charge in [-0.3, -0.25) is 13.9 Å². The van der Waals surface area contributed by atoms with Crippen LogP contribution in [0.5, 0.6) is 11.5 Å². The van der Waals surface area contributed by atoms with Gasteiger partial charge in [-0.2, -0.15) is 0 Å². The summed E-state index contributed by atoms with van der Waals surface area (Å²) in [6.07, 6.45) is 5.99. The van der Waals surface area contributed by atoms with Gasteiger partial charge in [-0.15, -0.1) is 0 Å². The molecule has 44 heavy (non-hydrogen) atoms. The van der Waals surface area contributed by atoms with Crippen molar-refractivity contribution in [2.24, 2.45) is 0 Å². The smallest absolute Gasteiger partial charge is 0.244 e. The van der Waals surface area contributed by atoms with E-state index in [4.69, 9.17) is 9.47 Å². The zero-order valence-electron chi connectivity index (χ0n) is 24.8. The maximum absolute atomic E-state index is 15.0. The van der Waals surface area contributed by atoms with Gasteiger partial charge < -0.3 is 19.7 Å². The standard InChI is InChI=1S/C33H38FN3O6S/c1-44(40,41)37(27-16-17-30-31(21-27)43-19-18-42-30)23-32(38)36(22-25-12-8-9-15-28(25)34)29(20-24-10-4-2-5-11-24)33(39)35-26-13-6-3-7-14-26/h2,4-5,8-12,15-17,21,26,29H,3,6-7,13-14,18-20,22-23H2,1H3,(H,35,39). The van der Waals surface area contributed by atoms with E-state index in [0.717, 1.165) is 48.2 Å². The third kappa shape index (κ3) is 7.88. The summed E-state index contributed by atoms with van der Waals surface area (Å²) in [6.45, 7) is -0.145. The molecule has 3 aromatic carbocycles. The monoisotopic (exact) mass is 623 g/mol. The molecule has 1 aliphatic carbocycles. The lowest BCUT2D eigenvalue weighted by Gasteiger charge is -2.35. The first-order chi connectivity index (χ1) is 21.2. The first-order valence-electron chi connectivity index (χ1n) is 14.9. The highest BCUT2D eigenvalue weighted by molar-refractivity contribution is 7.92. The number of hydrogen-bond donors (Lipinski definition) is 1. The average molecular weight is 624 g/mol. The SMILES string of the molecule is CS(=O)(=O)N(CC(=O)N(Cc1ccccc1F)C(Cc1ccccc1)C(=O)NC1CCCCC1)c1ccc2c(c1)OCCO2. The van der Waals surface area contributed by atoms with Crippen molar-refractivity contribution in [1.82, 2.24) is 10.2 Å². The molecule has 2 amide bonds. The minimum atomic E-state index is -3.97. The maximum atomic E-state index is 15.0. The molecule has 0 aromatic heterocycles. The number of anilines is 1. The van der Waals surface area contributed by atoms with Crippen LogP contribution >= 0.6 is 0 Å². The van der Waals surface area contributed by atoms with Crippen LogP contribution in [0.2, 0.25) is 0 Å². The number of halogens is 1. The summed E-state index contributed by atoms with van der Waals surface area (Å²) in [5, 5.41) is 3.14. The van der Waals surface area contributed by atoms with Gasteiger partial charge in [0.1, 0.15) is 31.6 Å². The van der Waals surface area contributed by atoms with Crippen LogP contribution in [0, 0.1) is 5.82 Å². The minimum absolute atomic E-state index is 0.0230. The molecule has 1 atom stereocenters. The lowest BCUT2D eigenvalue weighted by atomic mass is 9.94. The van der Waals surface area contributed by atoms with Gasteiger partial charge in [0.05, 0.1) is 11.9 Å². The second-order valence-electron chi connectivity index (χ2n) is 11.3. The number of benzene rings is 3. The second-order valence-corrected chi connectivity index (χ2v) is 13.2. The molecule has 3 aromatic rings. The number of ether oxygens (including phenoxy) is 2. The highest BCUT2D eigenvalue weighted by atomic mass is 32.2. The molecule has 1 heterocycles. The number of sulfonamides is 1. The first kappa shape index (κ1) is 31.3. The number of carbonyl (C=O) groups excluding carboxylic acids is 2. The molecule has 2 aliphatic rings. The van der Waals surface area contributed by atoms with Gasteiger partial charge in [0.25, 0.3) is 0 Å². The van der Waals surface area contributed by atoms with Crippen LogP contribution in [0.4, 0.5) is 10.1 Å². The van der Waals surface area contributed by atoms with Crippen LogP contribution in [0.3, 0.4) is 0 Å². The Kier molecular flexibility index (Phi) is 10.0. The Hall–Kier alpha value is -4.12. The summed E-state index contributed by atoms with van der Waals surface area (Å²) >= 11 is 0. The van der Waals surface area contributed by atoms with Crippen LogP contribution in [-0.4, -0.2) is 63.2 Å². The molecule has 1 unspecified atom stereocenters. The molecular weight excluding hydrogens is 585 g/mol. The largest absolute Gasteiger partial charge is 0.486 e. The van der Waals surface area contributed by atoms with E-state index >= 15 is 0 Å².